The summed E-state index contributed by atoms with van der Waals surface area (Å²) in [4.78, 5) is 18.5. The number of likely N-dealkylation sites (tertiary alicyclic amines) is 1. The zero-order chi connectivity index (χ0) is 20.9. The van der Waals surface area contributed by atoms with Crippen LogP contribution in [0, 0.1) is 5.82 Å². The largest absolute Gasteiger partial charge is 0.491 e. The number of aromatic nitrogens is 3. The van der Waals surface area contributed by atoms with Gasteiger partial charge in [-0.2, -0.15) is 5.10 Å². The van der Waals surface area contributed by atoms with E-state index in [0.29, 0.717) is 30.9 Å². The summed E-state index contributed by atoms with van der Waals surface area (Å²) in [6.45, 7) is 1.70. The van der Waals surface area contributed by atoms with E-state index < -0.39 is 6.10 Å². The second-order valence-electron chi connectivity index (χ2n) is 7.40. The fraction of sp³-hybridized carbons (Fsp3) is 0.318. The van der Waals surface area contributed by atoms with Crippen LogP contribution in [0.5, 0.6) is 5.75 Å². The number of amides is 1. The van der Waals surface area contributed by atoms with Crippen molar-refractivity contribution in [1.82, 2.24) is 19.7 Å². The lowest BCUT2D eigenvalue weighted by Gasteiger charge is -2.17. The van der Waals surface area contributed by atoms with Crippen molar-refractivity contribution in [2.75, 3.05) is 19.7 Å². The van der Waals surface area contributed by atoms with E-state index in [9.17, 15) is 14.3 Å². The highest BCUT2D eigenvalue weighted by Gasteiger charge is 2.28. The van der Waals surface area contributed by atoms with Crippen molar-refractivity contribution in [3.8, 4) is 5.75 Å². The molecule has 1 N–H and O–H groups in total. The lowest BCUT2D eigenvalue weighted by atomic mass is 9.99. The molecule has 0 saturated carbocycles. The zero-order valence-corrected chi connectivity index (χ0v) is 16.4. The van der Waals surface area contributed by atoms with E-state index in [-0.39, 0.29) is 24.2 Å². The second kappa shape index (κ2) is 9.04. The summed E-state index contributed by atoms with van der Waals surface area (Å²) < 4.78 is 20.2. The predicted molar refractivity (Wildman–Crippen MR) is 108 cm³/mol. The highest BCUT2D eigenvalue weighted by molar-refractivity contribution is 5.94. The van der Waals surface area contributed by atoms with E-state index in [1.807, 2.05) is 4.90 Å². The van der Waals surface area contributed by atoms with Gasteiger partial charge in [0.05, 0.1) is 6.54 Å². The summed E-state index contributed by atoms with van der Waals surface area (Å²) in [5.41, 5.74) is 1.64. The molecule has 0 radical (unpaired) electrons. The number of hydrogen-bond donors (Lipinski definition) is 1. The molecule has 4 rings (SSSR count). The molecule has 1 aromatic heterocycles. The van der Waals surface area contributed by atoms with Gasteiger partial charge < -0.3 is 14.7 Å². The normalized spacial score (nSPS) is 17.1. The van der Waals surface area contributed by atoms with Crippen molar-refractivity contribution in [3.63, 3.8) is 0 Å². The highest BCUT2D eigenvalue weighted by atomic mass is 19.1. The van der Waals surface area contributed by atoms with Crippen LogP contribution in [0.2, 0.25) is 0 Å². The SMILES string of the molecule is O=C(c1ccc(OC[C@H](O)Cn2cncn2)cc1)N1CC[C@H](c2ccc(F)cc2)C1. The standard InChI is InChI=1S/C22H23FN4O3/c23-19-5-1-16(2-6-19)18-9-10-26(11-18)22(29)17-3-7-21(8-4-17)30-13-20(28)12-27-15-24-14-25-27/h1-8,14-15,18,20,28H,9-13H2/t18-,20+/m0/s1. The number of carbonyl (C=O) groups excluding carboxylic acids is 1. The number of halogens is 1. The molecule has 2 atom stereocenters. The first-order valence-corrected chi connectivity index (χ1v) is 9.86. The third-order valence-electron chi connectivity index (χ3n) is 5.22. The van der Waals surface area contributed by atoms with Gasteiger partial charge in [0.1, 0.15) is 36.9 Å². The van der Waals surface area contributed by atoms with E-state index in [4.69, 9.17) is 4.74 Å². The summed E-state index contributed by atoms with van der Waals surface area (Å²) in [6.07, 6.45) is 3.08. The molecule has 0 bridgehead atoms. The van der Waals surface area contributed by atoms with Crippen LogP contribution in [0.3, 0.4) is 0 Å². The molecule has 1 aliphatic rings. The lowest BCUT2D eigenvalue weighted by Crippen LogP contribution is -2.28. The van der Waals surface area contributed by atoms with Crippen LogP contribution in [0.4, 0.5) is 4.39 Å². The molecule has 30 heavy (non-hydrogen) atoms. The Kier molecular flexibility index (Phi) is 6.04. The van der Waals surface area contributed by atoms with Crippen molar-refractivity contribution in [2.24, 2.45) is 0 Å². The van der Waals surface area contributed by atoms with Gasteiger partial charge >= 0.3 is 0 Å². The number of aliphatic hydroxyl groups excluding tert-OH is 1. The highest BCUT2D eigenvalue weighted by Crippen LogP contribution is 2.28. The number of hydrogen-bond acceptors (Lipinski definition) is 5. The quantitative estimate of drug-likeness (QED) is 0.647. The van der Waals surface area contributed by atoms with Crippen LogP contribution in [0.15, 0.2) is 61.2 Å². The lowest BCUT2D eigenvalue weighted by molar-refractivity contribution is 0.0789. The molecule has 2 heterocycles. The minimum Gasteiger partial charge on any atom is -0.491 e. The Bertz CT molecular complexity index is 961. The third kappa shape index (κ3) is 4.83. The topological polar surface area (TPSA) is 80.5 Å². The molecule has 0 spiro atoms. The second-order valence-corrected chi connectivity index (χ2v) is 7.40. The molecule has 1 saturated heterocycles. The van der Waals surface area contributed by atoms with E-state index in [0.717, 1.165) is 12.0 Å². The average molecular weight is 410 g/mol. The number of rotatable bonds is 7. The Morgan fingerprint density at radius 2 is 1.97 bits per heavy atom. The summed E-state index contributed by atoms with van der Waals surface area (Å²) in [5, 5.41) is 13.9. The van der Waals surface area contributed by atoms with Crippen molar-refractivity contribution in [2.45, 2.75) is 25.0 Å². The Morgan fingerprint density at radius 3 is 2.67 bits per heavy atom. The van der Waals surface area contributed by atoms with Crippen LogP contribution < -0.4 is 4.74 Å². The molecule has 156 valence electrons. The molecule has 1 amide bonds. The first-order chi connectivity index (χ1) is 14.6. The minimum atomic E-state index is -0.721. The monoisotopic (exact) mass is 410 g/mol. The maximum Gasteiger partial charge on any atom is 0.253 e. The predicted octanol–water partition coefficient (Wildman–Crippen LogP) is 2.49. The number of aliphatic hydroxyl groups is 1. The van der Waals surface area contributed by atoms with Gasteiger partial charge in [0.15, 0.2) is 0 Å². The molecular formula is C22H23FN4O3. The van der Waals surface area contributed by atoms with Crippen molar-refractivity contribution in [3.05, 3.63) is 78.1 Å². The Labute approximate surface area is 173 Å². The zero-order valence-electron chi connectivity index (χ0n) is 16.4. The van der Waals surface area contributed by atoms with E-state index >= 15 is 0 Å². The molecule has 0 aliphatic carbocycles. The third-order valence-corrected chi connectivity index (χ3v) is 5.22. The van der Waals surface area contributed by atoms with E-state index in [1.54, 1.807) is 36.4 Å². The van der Waals surface area contributed by atoms with Crippen molar-refractivity contribution in [1.29, 1.82) is 0 Å². The Balaban J connectivity index is 1.29. The van der Waals surface area contributed by atoms with Gasteiger partial charge in [-0.1, -0.05) is 12.1 Å². The van der Waals surface area contributed by atoms with Gasteiger partial charge in [-0.15, -0.1) is 0 Å². The summed E-state index contributed by atoms with van der Waals surface area (Å²) in [6, 6.07) is 13.4. The number of nitrogens with zero attached hydrogens (tertiary/aromatic N) is 4. The van der Waals surface area contributed by atoms with Gasteiger partial charge in [-0.05, 0) is 48.4 Å². The smallest absolute Gasteiger partial charge is 0.253 e. The fourth-order valence-electron chi connectivity index (χ4n) is 3.62. The number of benzene rings is 2. The average Bonchev–Trinajstić information content (AvgIpc) is 3.45. The first-order valence-electron chi connectivity index (χ1n) is 9.86. The van der Waals surface area contributed by atoms with Crippen LogP contribution in [-0.4, -0.2) is 56.5 Å². The molecular weight excluding hydrogens is 387 g/mol. The fourth-order valence-corrected chi connectivity index (χ4v) is 3.62. The van der Waals surface area contributed by atoms with Gasteiger partial charge in [0.25, 0.3) is 5.91 Å². The molecule has 8 heteroatoms. The van der Waals surface area contributed by atoms with Gasteiger partial charge in [-0.3, -0.25) is 9.48 Å². The minimum absolute atomic E-state index is 0.0302. The van der Waals surface area contributed by atoms with Gasteiger partial charge in [-0.25, -0.2) is 9.37 Å². The number of ether oxygens (including phenoxy) is 1. The number of carbonyl (C=O) groups is 1. The first kappa shape index (κ1) is 20.0. The maximum atomic E-state index is 13.1. The van der Waals surface area contributed by atoms with Crippen LogP contribution in [-0.2, 0) is 6.54 Å². The molecule has 0 unspecified atom stereocenters. The molecule has 1 aliphatic heterocycles. The summed E-state index contributed by atoms with van der Waals surface area (Å²) in [5.74, 6) is 0.522. The molecule has 3 aromatic rings. The van der Waals surface area contributed by atoms with E-state index in [1.165, 1.54) is 29.5 Å². The van der Waals surface area contributed by atoms with Crippen LogP contribution in [0.1, 0.15) is 28.3 Å². The van der Waals surface area contributed by atoms with E-state index in [2.05, 4.69) is 10.1 Å². The van der Waals surface area contributed by atoms with Crippen molar-refractivity contribution < 1.29 is 19.0 Å². The Morgan fingerprint density at radius 1 is 1.20 bits per heavy atom. The maximum absolute atomic E-state index is 13.1. The summed E-state index contributed by atoms with van der Waals surface area (Å²) in [7, 11) is 0. The van der Waals surface area contributed by atoms with Crippen molar-refractivity contribution >= 4 is 5.91 Å². The van der Waals surface area contributed by atoms with Crippen LogP contribution >= 0.6 is 0 Å². The summed E-state index contributed by atoms with van der Waals surface area (Å²) >= 11 is 0. The molecule has 2 aromatic carbocycles. The molecule has 1 fully saturated rings. The van der Waals surface area contributed by atoms with Gasteiger partial charge in [0, 0.05) is 24.6 Å². The Hall–Kier alpha value is -3.26. The van der Waals surface area contributed by atoms with Crippen LogP contribution in [0.25, 0.3) is 0 Å². The van der Waals surface area contributed by atoms with Gasteiger partial charge in [0.2, 0.25) is 0 Å². The molecule has 7 nitrogen and oxygen atoms in total.